The third-order valence-electron chi connectivity index (χ3n) is 2.86. The van der Waals surface area contributed by atoms with Crippen molar-refractivity contribution < 1.29 is 4.39 Å². The Labute approximate surface area is 118 Å². The molecule has 2 aromatic rings. The van der Waals surface area contributed by atoms with Gasteiger partial charge in [0, 0.05) is 15.7 Å². The van der Waals surface area contributed by atoms with Crippen molar-refractivity contribution >= 4 is 15.9 Å². The minimum absolute atomic E-state index is 0.0584. The normalized spacial score (nSPS) is 10.2. The van der Waals surface area contributed by atoms with Crippen LogP contribution < -0.4 is 5.56 Å². The zero-order chi connectivity index (χ0) is 14.0. The van der Waals surface area contributed by atoms with Gasteiger partial charge in [0.15, 0.2) is 0 Å². The van der Waals surface area contributed by atoms with E-state index in [4.69, 9.17) is 5.26 Å². The van der Waals surface area contributed by atoms with Crippen LogP contribution in [0.15, 0.2) is 39.6 Å². The van der Waals surface area contributed by atoms with Gasteiger partial charge in [0.05, 0.1) is 6.54 Å². The molecule has 2 rings (SSSR count). The highest BCUT2D eigenvalue weighted by Gasteiger charge is 2.09. The lowest BCUT2D eigenvalue weighted by atomic mass is 10.2. The van der Waals surface area contributed by atoms with Crippen molar-refractivity contribution in [3.05, 3.63) is 67.8 Å². The number of nitriles is 1. The third-order valence-corrected chi connectivity index (χ3v) is 3.35. The summed E-state index contributed by atoms with van der Waals surface area (Å²) in [6.07, 6.45) is 0. The van der Waals surface area contributed by atoms with Crippen LogP contribution in [0.2, 0.25) is 0 Å². The Balaban J connectivity index is 2.50. The Bertz CT molecular complexity index is 731. The molecule has 0 unspecified atom stereocenters. The first kappa shape index (κ1) is 13.5. The SMILES string of the molecule is Cc1ccc(C#N)c(=O)n1Cc1ccc(Br)cc1F. The molecule has 0 aliphatic rings. The second-order valence-corrected chi connectivity index (χ2v) is 5.04. The zero-order valence-electron chi connectivity index (χ0n) is 10.2. The number of rotatable bonds is 2. The molecule has 0 atom stereocenters. The second kappa shape index (κ2) is 5.37. The fourth-order valence-corrected chi connectivity index (χ4v) is 2.11. The van der Waals surface area contributed by atoms with Gasteiger partial charge in [-0.2, -0.15) is 5.26 Å². The Morgan fingerprint density at radius 1 is 1.37 bits per heavy atom. The maximum absolute atomic E-state index is 13.8. The van der Waals surface area contributed by atoms with Gasteiger partial charge in [0.1, 0.15) is 17.4 Å². The summed E-state index contributed by atoms with van der Waals surface area (Å²) in [4.78, 5) is 12.0. The highest BCUT2D eigenvalue weighted by Crippen LogP contribution is 2.16. The summed E-state index contributed by atoms with van der Waals surface area (Å²) in [5, 5.41) is 8.85. The van der Waals surface area contributed by atoms with Crippen molar-refractivity contribution in [2.45, 2.75) is 13.5 Å². The number of aryl methyl sites for hydroxylation is 1. The number of halogens is 2. The van der Waals surface area contributed by atoms with Gasteiger partial charge in [0.2, 0.25) is 0 Å². The van der Waals surface area contributed by atoms with E-state index >= 15 is 0 Å². The van der Waals surface area contributed by atoms with Gasteiger partial charge >= 0.3 is 0 Å². The number of benzene rings is 1. The minimum atomic E-state index is -0.398. The van der Waals surface area contributed by atoms with Crippen LogP contribution >= 0.6 is 15.9 Å². The predicted molar refractivity (Wildman–Crippen MR) is 73.4 cm³/mol. The number of hydrogen-bond donors (Lipinski definition) is 0. The topological polar surface area (TPSA) is 45.8 Å². The van der Waals surface area contributed by atoms with Crippen molar-refractivity contribution in [1.82, 2.24) is 4.57 Å². The van der Waals surface area contributed by atoms with Crippen LogP contribution in [0.4, 0.5) is 4.39 Å². The molecule has 19 heavy (non-hydrogen) atoms. The minimum Gasteiger partial charge on any atom is -0.307 e. The lowest BCUT2D eigenvalue weighted by molar-refractivity contribution is 0.592. The molecule has 0 saturated heterocycles. The summed E-state index contributed by atoms with van der Waals surface area (Å²) in [6.45, 7) is 1.86. The molecule has 0 aliphatic heterocycles. The lowest BCUT2D eigenvalue weighted by Gasteiger charge is -2.11. The first-order valence-electron chi connectivity index (χ1n) is 5.57. The van der Waals surface area contributed by atoms with E-state index in [1.54, 1.807) is 25.1 Å². The van der Waals surface area contributed by atoms with Crippen LogP contribution in [0.25, 0.3) is 0 Å². The van der Waals surface area contributed by atoms with Gasteiger partial charge in [0.25, 0.3) is 5.56 Å². The van der Waals surface area contributed by atoms with Gasteiger partial charge in [-0.25, -0.2) is 4.39 Å². The maximum atomic E-state index is 13.8. The molecule has 96 valence electrons. The van der Waals surface area contributed by atoms with Crippen LogP contribution in [0.3, 0.4) is 0 Å². The highest BCUT2D eigenvalue weighted by molar-refractivity contribution is 9.10. The van der Waals surface area contributed by atoms with E-state index < -0.39 is 5.56 Å². The molecular formula is C14H10BrFN2O. The molecule has 0 N–H and O–H groups in total. The zero-order valence-corrected chi connectivity index (χ0v) is 11.7. The van der Waals surface area contributed by atoms with E-state index in [9.17, 15) is 9.18 Å². The van der Waals surface area contributed by atoms with Gasteiger partial charge < -0.3 is 4.57 Å². The molecule has 0 bridgehead atoms. The molecule has 0 aliphatic carbocycles. The van der Waals surface area contributed by atoms with Gasteiger partial charge in [-0.05, 0) is 31.2 Å². The van der Waals surface area contributed by atoms with Crippen LogP contribution in [-0.2, 0) is 6.54 Å². The molecule has 0 fully saturated rings. The first-order valence-corrected chi connectivity index (χ1v) is 6.36. The predicted octanol–water partition coefficient (Wildman–Crippen LogP) is 2.98. The first-order chi connectivity index (χ1) is 9.02. The van der Waals surface area contributed by atoms with Crippen LogP contribution in [0.1, 0.15) is 16.8 Å². The van der Waals surface area contributed by atoms with Crippen LogP contribution in [0.5, 0.6) is 0 Å². The van der Waals surface area contributed by atoms with E-state index in [0.29, 0.717) is 15.7 Å². The van der Waals surface area contributed by atoms with Crippen LogP contribution in [-0.4, -0.2) is 4.57 Å². The van der Waals surface area contributed by atoms with Gasteiger partial charge in [-0.15, -0.1) is 0 Å². The molecule has 0 saturated carbocycles. The average Bonchev–Trinajstić information content (AvgIpc) is 2.37. The quantitative estimate of drug-likeness (QED) is 0.854. The summed E-state index contributed by atoms with van der Waals surface area (Å²) in [5.74, 6) is -0.386. The molecule has 1 heterocycles. The molecule has 0 spiro atoms. The summed E-state index contributed by atoms with van der Waals surface area (Å²) in [6, 6.07) is 9.68. The Hall–Kier alpha value is -1.93. The largest absolute Gasteiger partial charge is 0.307 e. The van der Waals surface area contributed by atoms with Crippen molar-refractivity contribution in [1.29, 1.82) is 5.26 Å². The third kappa shape index (κ3) is 2.74. The van der Waals surface area contributed by atoms with Gasteiger partial charge in [-0.1, -0.05) is 22.0 Å². The standard InChI is InChI=1S/C14H10BrFN2O/c1-9-2-3-10(7-17)14(19)18(9)8-11-4-5-12(15)6-13(11)16/h2-6H,8H2,1H3. The van der Waals surface area contributed by atoms with Crippen molar-refractivity contribution in [2.24, 2.45) is 0 Å². The molecule has 5 heteroatoms. The van der Waals surface area contributed by atoms with Crippen LogP contribution in [0, 0.1) is 24.1 Å². The average molecular weight is 321 g/mol. The second-order valence-electron chi connectivity index (χ2n) is 4.13. The van der Waals surface area contributed by atoms with Crippen molar-refractivity contribution in [2.75, 3.05) is 0 Å². The molecule has 3 nitrogen and oxygen atoms in total. The Morgan fingerprint density at radius 3 is 2.74 bits per heavy atom. The monoisotopic (exact) mass is 320 g/mol. The molecule has 1 aromatic heterocycles. The molecule has 0 amide bonds. The molecule has 1 aromatic carbocycles. The summed E-state index contributed by atoms with van der Waals surface area (Å²) >= 11 is 3.18. The maximum Gasteiger partial charge on any atom is 0.268 e. The van der Waals surface area contributed by atoms with E-state index in [1.165, 1.54) is 16.7 Å². The number of hydrogen-bond acceptors (Lipinski definition) is 2. The van der Waals surface area contributed by atoms with Gasteiger partial charge in [-0.3, -0.25) is 4.79 Å². The molecular weight excluding hydrogens is 311 g/mol. The van der Waals surface area contributed by atoms with E-state index in [0.717, 1.165) is 0 Å². The fraction of sp³-hybridized carbons (Fsp3) is 0.143. The summed E-state index contributed by atoms with van der Waals surface area (Å²) in [7, 11) is 0. The number of nitrogens with zero attached hydrogens (tertiary/aromatic N) is 2. The van der Waals surface area contributed by atoms with E-state index in [1.807, 2.05) is 6.07 Å². The smallest absolute Gasteiger partial charge is 0.268 e. The summed E-state index contributed by atoms with van der Waals surface area (Å²) in [5.41, 5.74) is 0.753. The highest BCUT2D eigenvalue weighted by atomic mass is 79.9. The van der Waals surface area contributed by atoms with Crippen molar-refractivity contribution in [3.63, 3.8) is 0 Å². The summed E-state index contributed by atoms with van der Waals surface area (Å²) < 4.78 is 15.8. The molecule has 0 radical (unpaired) electrons. The Kier molecular flexibility index (Phi) is 3.82. The number of pyridine rings is 1. The van der Waals surface area contributed by atoms with E-state index in [2.05, 4.69) is 15.9 Å². The number of aromatic nitrogens is 1. The van der Waals surface area contributed by atoms with Crippen molar-refractivity contribution in [3.8, 4) is 6.07 Å². The Morgan fingerprint density at radius 2 is 2.11 bits per heavy atom. The van der Waals surface area contributed by atoms with E-state index in [-0.39, 0.29) is 17.9 Å². The lowest BCUT2D eigenvalue weighted by Crippen LogP contribution is -2.25. The fourth-order valence-electron chi connectivity index (χ4n) is 1.77.